The second kappa shape index (κ2) is 9.97. The fraction of sp³-hybridized carbons (Fsp3) is 0.462. The minimum atomic E-state index is -0.106. The number of piperazine rings is 1. The lowest BCUT2D eigenvalue weighted by Gasteiger charge is -2.35. The second-order valence-electron chi connectivity index (χ2n) is 4.42. The number of benzene rings is 1. The average Bonchev–Trinajstić information content (AvgIpc) is 2.43. The molecule has 8 heteroatoms. The van der Waals surface area contributed by atoms with Crippen molar-refractivity contribution in [3.05, 3.63) is 32.8 Å². The zero-order chi connectivity index (χ0) is 13.8. The monoisotopic (exact) mass is 389 g/mol. The summed E-state index contributed by atoms with van der Waals surface area (Å²) in [6, 6.07) is 5.52. The molecule has 118 valence electrons. The Bertz CT molecular complexity index is 497. The van der Waals surface area contributed by atoms with Crippen molar-refractivity contribution in [2.24, 2.45) is 0 Å². The normalized spacial score (nSPS) is 16.3. The van der Waals surface area contributed by atoms with Gasteiger partial charge in [-0.25, -0.2) is 0 Å². The Balaban J connectivity index is 0.00000200. The number of nitrogens with one attached hydrogen (secondary N) is 1. The van der Waals surface area contributed by atoms with Gasteiger partial charge >= 0.3 is 0 Å². The molecule has 1 fully saturated rings. The van der Waals surface area contributed by atoms with Gasteiger partial charge in [-0.3, -0.25) is 4.90 Å². The second-order valence-corrected chi connectivity index (χ2v) is 5.61. The quantitative estimate of drug-likeness (QED) is 0.779. The van der Waals surface area contributed by atoms with Crippen LogP contribution in [0, 0.1) is 11.3 Å². The molecule has 1 aliphatic heterocycles. The van der Waals surface area contributed by atoms with Crippen molar-refractivity contribution >= 4 is 59.6 Å². The van der Waals surface area contributed by atoms with E-state index in [-0.39, 0.29) is 30.9 Å². The molecule has 1 N–H and O–H groups in total. The van der Waals surface area contributed by atoms with E-state index in [9.17, 15) is 0 Å². The Hall–Kier alpha value is 0.0800. The Morgan fingerprint density at radius 3 is 2.29 bits per heavy atom. The molecule has 1 aliphatic rings. The minimum absolute atomic E-state index is 0. The first-order valence-electron chi connectivity index (χ1n) is 6.10. The van der Waals surface area contributed by atoms with Crippen molar-refractivity contribution in [1.29, 1.82) is 5.26 Å². The smallest absolute Gasteiger partial charge is 0.0655 e. The van der Waals surface area contributed by atoms with Crippen molar-refractivity contribution in [2.45, 2.75) is 12.5 Å². The summed E-state index contributed by atoms with van der Waals surface area (Å²) >= 11 is 18.6. The average molecular weight is 392 g/mol. The van der Waals surface area contributed by atoms with Crippen LogP contribution < -0.4 is 5.32 Å². The first-order chi connectivity index (χ1) is 9.15. The molecular formula is C13H16Cl5N3. The molecule has 0 spiro atoms. The van der Waals surface area contributed by atoms with Crippen molar-refractivity contribution in [3.8, 4) is 6.07 Å². The van der Waals surface area contributed by atoms with Crippen molar-refractivity contribution in [3.63, 3.8) is 0 Å². The lowest BCUT2D eigenvalue weighted by atomic mass is 10.0. The third-order valence-corrected chi connectivity index (χ3v) is 4.44. The molecule has 0 amide bonds. The molecule has 0 bridgehead atoms. The van der Waals surface area contributed by atoms with Crippen molar-refractivity contribution < 1.29 is 0 Å². The molecule has 3 nitrogen and oxygen atoms in total. The van der Waals surface area contributed by atoms with Gasteiger partial charge in [0.1, 0.15) is 0 Å². The van der Waals surface area contributed by atoms with E-state index in [2.05, 4.69) is 16.3 Å². The van der Waals surface area contributed by atoms with Crippen LogP contribution in [0.5, 0.6) is 0 Å². The highest BCUT2D eigenvalue weighted by Crippen LogP contribution is 2.39. The van der Waals surface area contributed by atoms with Gasteiger partial charge in [0.15, 0.2) is 0 Å². The number of hydrogen-bond acceptors (Lipinski definition) is 3. The van der Waals surface area contributed by atoms with Crippen LogP contribution in [0.4, 0.5) is 0 Å². The highest BCUT2D eigenvalue weighted by atomic mass is 35.5. The SMILES string of the molecule is Cl.Cl.N#CC[C@@H](c1c(Cl)ccc(Cl)c1Cl)N1CCNCC1. The predicted octanol–water partition coefficient (Wildman–Crippen LogP) is 4.35. The van der Waals surface area contributed by atoms with Crippen LogP contribution in [0.3, 0.4) is 0 Å². The molecular weight excluding hydrogens is 375 g/mol. The summed E-state index contributed by atoms with van der Waals surface area (Å²) in [6.07, 6.45) is 0.347. The zero-order valence-electron chi connectivity index (χ0n) is 11.1. The van der Waals surface area contributed by atoms with Gasteiger partial charge < -0.3 is 5.32 Å². The van der Waals surface area contributed by atoms with Crippen LogP contribution in [0.2, 0.25) is 15.1 Å². The van der Waals surface area contributed by atoms with Gasteiger partial charge in [-0.1, -0.05) is 34.8 Å². The molecule has 0 aliphatic carbocycles. The first-order valence-corrected chi connectivity index (χ1v) is 7.23. The van der Waals surface area contributed by atoms with Crippen LogP contribution in [0.15, 0.2) is 12.1 Å². The largest absolute Gasteiger partial charge is 0.314 e. The highest BCUT2D eigenvalue weighted by molar-refractivity contribution is 6.44. The van der Waals surface area contributed by atoms with Crippen LogP contribution in [-0.2, 0) is 0 Å². The standard InChI is InChI=1S/C13H14Cl3N3.2ClH/c14-9-1-2-10(15)13(16)12(9)11(3-4-17)19-7-5-18-6-8-19;;/h1-2,11,18H,3,5-8H2;2*1H/t11-;;/m0../s1. The van der Waals surface area contributed by atoms with E-state index in [4.69, 9.17) is 40.1 Å². The third kappa shape index (κ3) is 5.04. The number of nitrogens with zero attached hydrogens (tertiary/aromatic N) is 2. The summed E-state index contributed by atoms with van der Waals surface area (Å²) < 4.78 is 0. The lowest BCUT2D eigenvalue weighted by molar-refractivity contribution is 0.176. The molecule has 0 aromatic heterocycles. The maximum absolute atomic E-state index is 9.07. The topological polar surface area (TPSA) is 39.1 Å². The number of hydrogen-bond donors (Lipinski definition) is 1. The Morgan fingerprint density at radius 1 is 1.14 bits per heavy atom. The van der Waals surface area contributed by atoms with E-state index >= 15 is 0 Å². The molecule has 1 saturated heterocycles. The van der Waals surface area contributed by atoms with Gasteiger partial charge in [0, 0.05) is 36.8 Å². The van der Waals surface area contributed by atoms with Crippen LogP contribution >= 0.6 is 59.6 Å². The summed E-state index contributed by atoms with van der Waals surface area (Å²) in [5.74, 6) is 0. The lowest BCUT2D eigenvalue weighted by Crippen LogP contribution is -2.45. The molecule has 1 aromatic carbocycles. The molecule has 1 heterocycles. The van der Waals surface area contributed by atoms with Gasteiger partial charge in [0.25, 0.3) is 0 Å². The number of nitriles is 1. The van der Waals surface area contributed by atoms with Crippen LogP contribution in [0.25, 0.3) is 0 Å². The van der Waals surface area contributed by atoms with Crippen LogP contribution in [0.1, 0.15) is 18.0 Å². The summed E-state index contributed by atoms with van der Waals surface area (Å²) in [6.45, 7) is 3.53. The maximum atomic E-state index is 9.07. The number of rotatable bonds is 3. The van der Waals surface area contributed by atoms with E-state index in [1.807, 2.05) is 0 Å². The molecule has 0 saturated carbocycles. The van der Waals surface area contributed by atoms with E-state index in [0.717, 1.165) is 31.7 Å². The number of halogens is 5. The van der Waals surface area contributed by atoms with Crippen molar-refractivity contribution in [2.75, 3.05) is 26.2 Å². The molecule has 21 heavy (non-hydrogen) atoms. The molecule has 0 radical (unpaired) electrons. The highest BCUT2D eigenvalue weighted by Gasteiger charge is 2.26. The van der Waals surface area contributed by atoms with E-state index < -0.39 is 0 Å². The minimum Gasteiger partial charge on any atom is -0.314 e. The van der Waals surface area contributed by atoms with E-state index in [0.29, 0.717) is 21.5 Å². The third-order valence-electron chi connectivity index (χ3n) is 3.29. The summed E-state index contributed by atoms with van der Waals surface area (Å²) in [5, 5.41) is 13.8. The Labute approximate surface area is 152 Å². The van der Waals surface area contributed by atoms with Gasteiger partial charge in [0.05, 0.1) is 28.6 Å². The molecule has 1 aromatic rings. The van der Waals surface area contributed by atoms with E-state index in [1.54, 1.807) is 12.1 Å². The summed E-state index contributed by atoms with van der Waals surface area (Å²) in [4.78, 5) is 2.23. The van der Waals surface area contributed by atoms with Crippen molar-refractivity contribution in [1.82, 2.24) is 10.2 Å². The fourth-order valence-electron chi connectivity index (χ4n) is 2.34. The molecule has 2 rings (SSSR count). The summed E-state index contributed by atoms with van der Waals surface area (Å²) in [5.41, 5.74) is 0.763. The molecule has 0 unspecified atom stereocenters. The maximum Gasteiger partial charge on any atom is 0.0655 e. The van der Waals surface area contributed by atoms with Crippen LogP contribution in [-0.4, -0.2) is 31.1 Å². The molecule has 1 atom stereocenters. The Morgan fingerprint density at radius 2 is 1.71 bits per heavy atom. The van der Waals surface area contributed by atoms with Gasteiger partial charge in [-0.05, 0) is 12.1 Å². The van der Waals surface area contributed by atoms with Gasteiger partial charge in [-0.15, -0.1) is 24.8 Å². The Kier molecular flexibility index (Phi) is 10.0. The summed E-state index contributed by atoms with van der Waals surface area (Å²) in [7, 11) is 0. The zero-order valence-corrected chi connectivity index (χ0v) is 15.0. The first kappa shape index (κ1) is 21.1. The fourth-order valence-corrected chi connectivity index (χ4v) is 3.13. The van der Waals surface area contributed by atoms with Gasteiger partial charge in [0.2, 0.25) is 0 Å². The van der Waals surface area contributed by atoms with Gasteiger partial charge in [-0.2, -0.15) is 5.26 Å². The van der Waals surface area contributed by atoms with E-state index in [1.165, 1.54) is 0 Å². The predicted molar refractivity (Wildman–Crippen MR) is 93.4 cm³/mol.